The van der Waals surface area contributed by atoms with E-state index in [4.69, 9.17) is 4.98 Å². The lowest BCUT2D eigenvalue weighted by Gasteiger charge is -2.21. The van der Waals surface area contributed by atoms with Crippen molar-refractivity contribution in [2.45, 2.75) is 19.3 Å². The van der Waals surface area contributed by atoms with Gasteiger partial charge in [0.25, 0.3) is 0 Å². The summed E-state index contributed by atoms with van der Waals surface area (Å²) in [6.07, 6.45) is 0. The summed E-state index contributed by atoms with van der Waals surface area (Å²) in [6.45, 7) is 4.74. The lowest BCUT2D eigenvalue weighted by Crippen LogP contribution is -2.14. The predicted octanol–water partition coefficient (Wildman–Crippen LogP) is 13.6. The van der Waals surface area contributed by atoms with Crippen LogP contribution in [0.15, 0.2) is 176 Å². The SMILES string of the molecule is CC1(C)c2ccccc2-c2cc3c4cc5c6ccccc6c6ccccc6c5cc4n(-c4ccc(-c5nc6ccccc6n5-c5ccccc5)cc4)c3cc21. The van der Waals surface area contributed by atoms with Gasteiger partial charge in [-0.3, -0.25) is 4.57 Å². The summed E-state index contributed by atoms with van der Waals surface area (Å²) in [7, 11) is 0. The first-order chi connectivity index (χ1) is 27.0. The van der Waals surface area contributed by atoms with Gasteiger partial charge >= 0.3 is 0 Å². The van der Waals surface area contributed by atoms with E-state index in [0.29, 0.717) is 0 Å². The first kappa shape index (κ1) is 30.5. The molecule has 3 heteroatoms. The van der Waals surface area contributed by atoms with Crippen molar-refractivity contribution in [3.05, 3.63) is 187 Å². The molecule has 1 aliphatic rings. The molecule has 0 saturated carbocycles. The molecule has 0 fully saturated rings. The Morgan fingerprint density at radius 3 is 1.69 bits per heavy atom. The summed E-state index contributed by atoms with van der Waals surface area (Å²) in [5.74, 6) is 0.933. The van der Waals surface area contributed by atoms with Crippen LogP contribution in [-0.2, 0) is 5.41 Å². The standard InChI is InChI=1S/C52H35N3/c1-52(2)45-21-11-10-20-39(45)42-29-44-43-28-40-37-18-8-6-16-35(37)36-17-7-9-19-38(36)41(40)30-49(43)54(50(44)31-46(42)52)34-26-24-32(25-27-34)51-53-47-22-12-13-23-48(47)55(51)33-14-4-3-5-15-33/h3-31H,1-2H3. The van der Waals surface area contributed by atoms with E-state index in [2.05, 4.69) is 199 Å². The molecular formula is C52H35N3. The van der Waals surface area contributed by atoms with E-state index >= 15 is 0 Å². The minimum Gasteiger partial charge on any atom is -0.309 e. The van der Waals surface area contributed by atoms with Crippen molar-refractivity contribution in [3.63, 3.8) is 0 Å². The van der Waals surface area contributed by atoms with Gasteiger partial charge in [-0.05, 0) is 127 Å². The van der Waals surface area contributed by atoms with Gasteiger partial charge in [-0.15, -0.1) is 0 Å². The van der Waals surface area contributed by atoms with Crippen LogP contribution in [0.5, 0.6) is 0 Å². The van der Waals surface area contributed by atoms with Crippen molar-refractivity contribution >= 4 is 65.2 Å². The Morgan fingerprint density at radius 1 is 0.382 bits per heavy atom. The maximum absolute atomic E-state index is 5.17. The zero-order valence-corrected chi connectivity index (χ0v) is 30.6. The highest BCUT2D eigenvalue weighted by Gasteiger charge is 2.36. The van der Waals surface area contributed by atoms with Crippen molar-refractivity contribution < 1.29 is 0 Å². The zero-order valence-electron chi connectivity index (χ0n) is 30.6. The Kier molecular flexibility index (Phi) is 6.12. The molecule has 55 heavy (non-hydrogen) atoms. The number of fused-ring (bicyclic) bond motifs is 13. The number of rotatable bonds is 3. The minimum absolute atomic E-state index is 0.112. The van der Waals surface area contributed by atoms with Crippen LogP contribution in [0.1, 0.15) is 25.0 Å². The van der Waals surface area contributed by atoms with Gasteiger partial charge in [0.05, 0.1) is 22.1 Å². The molecule has 0 atom stereocenters. The third-order valence-corrected chi connectivity index (χ3v) is 12.3. The highest BCUT2D eigenvalue weighted by Crippen LogP contribution is 2.51. The molecule has 11 aromatic rings. The second-order valence-electron chi connectivity index (χ2n) is 15.6. The number of para-hydroxylation sites is 3. The quantitative estimate of drug-likeness (QED) is 0.168. The molecule has 0 bridgehead atoms. The summed E-state index contributed by atoms with van der Waals surface area (Å²) < 4.78 is 4.77. The van der Waals surface area contributed by atoms with E-state index in [1.54, 1.807) is 0 Å². The van der Waals surface area contributed by atoms with E-state index in [0.717, 1.165) is 33.8 Å². The lowest BCUT2D eigenvalue weighted by atomic mass is 9.82. The summed E-state index contributed by atoms with van der Waals surface area (Å²) in [6, 6.07) is 64.6. The molecule has 0 N–H and O–H groups in total. The van der Waals surface area contributed by atoms with E-state index < -0.39 is 0 Å². The number of nitrogens with zero attached hydrogens (tertiary/aromatic N) is 3. The smallest absolute Gasteiger partial charge is 0.145 e. The van der Waals surface area contributed by atoms with Crippen molar-refractivity contribution in [2.75, 3.05) is 0 Å². The van der Waals surface area contributed by atoms with Gasteiger partial charge < -0.3 is 4.57 Å². The van der Waals surface area contributed by atoms with E-state index in [9.17, 15) is 0 Å². The highest BCUT2D eigenvalue weighted by atomic mass is 15.1. The van der Waals surface area contributed by atoms with Crippen LogP contribution in [0.3, 0.4) is 0 Å². The molecule has 3 nitrogen and oxygen atoms in total. The van der Waals surface area contributed by atoms with Crippen LogP contribution in [0.2, 0.25) is 0 Å². The first-order valence-electron chi connectivity index (χ1n) is 19.1. The number of imidazole rings is 1. The van der Waals surface area contributed by atoms with Gasteiger partial charge in [-0.1, -0.05) is 117 Å². The summed E-state index contributed by atoms with van der Waals surface area (Å²) in [5.41, 5.74) is 13.1. The van der Waals surface area contributed by atoms with E-state index in [1.807, 2.05) is 0 Å². The number of hydrogen-bond donors (Lipinski definition) is 0. The molecule has 0 spiro atoms. The molecule has 0 radical (unpaired) electrons. The molecule has 258 valence electrons. The fraction of sp³-hybridized carbons (Fsp3) is 0.0577. The van der Waals surface area contributed by atoms with Gasteiger partial charge in [0, 0.05) is 33.1 Å². The van der Waals surface area contributed by atoms with Crippen molar-refractivity contribution in [3.8, 4) is 33.9 Å². The van der Waals surface area contributed by atoms with Gasteiger partial charge in [0.2, 0.25) is 0 Å². The summed E-state index contributed by atoms with van der Waals surface area (Å²) >= 11 is 0. The van der Waals surface area contributed by atoms with Crippen LogP contribution in [0.25, 0.3) is 99.0 Å². The molecule has 0 amide bonds. The molecule has 9 aromatic carbocycles. The lowest BCUT2D eigenvalue weighted by molar-refractivity contribution is 0.661. The largest absolute Gasteiger partial charge is 0.309 e. The third-order valence-electron chi connectivity index (χ3n) is 12.3. The number of benzene rings is 9. The summed E-state index contributed by atoms with van der Waals surface area (Å²) in [4.78, 5) is 5.17. The average molecular weight is 702 g/mol. The molecule has 2 aromatic heterocycles. The first-order valence-corrected chi connectivity index (χ1v) is 19.1. The van der Waals surface area contributed by atoms with Gasteiger partial charge in [0.1, 0.15) is 5.82 Å². The van der Waals surface area contributed by atoms with E-state index in [1.165, 1.54) is 76.4 Å². The van der Waals surface area contributed by atoms with Crippen LogP contribution < -0.4 is 0 Å². The topological polar surface area (TPSA) is 22.8 Å². The Balaban J connectivity index is 1.15. The van der Waals surface area contributed by atoms with Crippen LogP contribution in [-0.4, -0.2) is 14.1 Å². The second kappa shape index (κ2) is 11.0. The fourth-order valence-electron chi connectivity index (χ4n) is 9.70. The Labute approximate surface area is 318 Å². The second-order valence-corrected chi connectivity index (χ2v) is 15.6. The average Bonchev–Trinajstić information content (AvgIpc) is 3.85. The summed E-state index contributed by atoms with van der Waals surface area (Å²) in [5, 5.41) is 10.3. The van der Waals surface area contributed by atoms with E-state index in [-0.39, 0.29) is 5.41 Å². The van der Waals surface area contributed by atoms with Gasteiger partial charge in [-0.25, -0.2) is 4.98 Å². The van der Waals surface area contributed by atoms with Gasteiger partial charge in [0.15, 0.2) is 0 Å². The van der Waals surface area contributed by atoms with Crippen LogP contribution in [0, 0.1) is 0 Å². The van der Waals surface area contributed by atoms with Crippen LogP contribution >= 0.6 is 0 Å². The molecule has 0 aliphatic heterocycles. The fourth-order valence-corrected chi connectivity index (χ4v) is 9.70. The van der Waals surface area contributed by atoms with Crippen molar-refractivity contribution in [1.29, 1.82) is 0 Å². The predicted molar refractivity (Wildman–Crippen MR) is 231 cm³/mol. The highest BCUT2D eigenvalue weighted by molar-refractivity contribution is 6.29. The Hall–Kier alpha value is -6.97. The number of aromatic nitrogens is 3. The molecule has 12 rings (SSSR count). The van der Waals surface area contributed by atoms with Crippen molar-refractivity contribution in [2.24, 2.45) is 0 Å². The van der Waals surface area contributed by atoms with Gasteiger partial charge in [-0.2, -0.15) is 0 Å². The minimum atomic E-state index is -0.112. The third kappa shape index (κ3) is 4.18. The molecule has 1 aliphatic carbocycles. The van der Waals surface area contributed by atoms with Crippen LogP contribution in [0.4, 0.5) is 0 Å². The molecule has 0 saturated heterocycles. The number of hydrogen-bond acceptors (Lipinski definition) is 1. The monoisotopic (exact) mass is 701 g/mol. The molecule has 0 unspecified atom stereocenters. The zero-order chi connectivity index (χ0) is 36.4. The Bertz CT molecular complexity index is 3380. The van der Waals surface area contributed by atoms with Crippen molar-refractivity contribution in [1.82, 2.24) is 14.1 Å². The Morgan fingerprint density at radius 2 is 0.945 bits per heavy atom. The normalized spacial score (nSPS) is 13.4. The molecular weight excluding hydrogens is 667 g/mol. The maximum atomic E-state index is 5.17. The molecule has 2 heterocycles. The maximum Gasteiger partial charge on any atom is 0.145 e.